The Hall–Kier alpha value is -2.30. The molecule has 0 radical (unpaired) electrons. The number of hydrazone groups is 1. The van der Waals surface area contributed by atoms with Gasteiger partial charge in [0.1, 0.15) is 0 Å². The number of aryl methyl sites for hydroxylation is 2. The highest BCUT2D eigenvalue weighted by Gasteiger charge is 2.29. The molecule has 0 saturated carbocycles. The fourth-order valence-electron chi connectivity index (χ4n) is 1.81. The van der Waals surface area contributed by atoms with Crippen molar-refractivity contribution < 1.29 is 13.2 Å². The molecule has 2 nitrogen and oxygen atoms in total. The van der Waals surface area contributed by atoms with Gasteiger partial charge in [0.05, 0.1) is 17.5 Å². The molecule has 1 N–H and O–H groups in total. The molecule has 0 amide bonds. The number of nitrogens with zero attached hydrogens (tertiary/aromatic N) is 1. The fourth-order valence-corrected chi connectivity index (χ4v) is 1.81. The molecule has 0 unspecified atom stereocenters. The molecule has 0 aliphatic rings. The van der Waals surface area contributed by atoms with Crippen LogP contribution in [0.2, 0.25) is 0 Å². The summed E-state index contributed by atoms with van der Waals surface area (Å²) in [6, 6.07) is 10.7. The summed E-state index contributed by atoms with van der Waals surface area (Å²) in [5, 5.41) is 4.05. The van der Waals surface area contributed by atoms with Crippen molar-refractivity contribution >= 4 is 11.9 Å². The minimum absolute atomic E-state index is 0.504. The SMILES string of the molecule is Cc1ccc(C)c(C=NNc2ccc(C(F)(F)F)cc2)c1. The van der Waals surface area contributed by atoms with E-state index in [9.17, 15) is 13.2 Å². The lowest BCUT2D eigenvalue weighted by Crippen LogP contribution is -2.04. The molecule has 0 aliphatic heterocycles. The fraction of sp³-hybridized carbons (Fsp3) is 0.188. The van der Waals surface area contributed by atoms with Crippen LogP contribution in [0.25, 0.3) is 0 Å². The molecule has 21 heavy (non-hydrogen) atoms. The molecule has 0 aliphatic carbocycles. The standard InChI is InChI=1S/C16H15F3N2/c1-11-3-4-12(2)13(9-11)10-20-21-15-7-5-14(6-8-15)16(17,18)19/h3-10,21H,1-2H3. The van der Waals surface area contributed by atoms with E-state index in [0.717, 1.165) is 28.8 Å². The zero-order chi connectivity index (χ0) is 15.5. The number of halogens is 3. The van der Waals surface area contributed by atoms with Crippen LogP contribution < -0.4 is 5.43 Å². The zero-order valence-corrected chi connectivity index (χ0v) is 11.7. The number of rotatable bonds is 3. The Kier molecular flexibility index (Phi) is 4.31. The first-order chi connectivity index (χ1) is 9.86. The van der Waals surface area contributed by atoms with E-state index in [4.69, 9.17) is 0 Å². The smallest absolute Gasteiger partial charge is 0.279 e. The van der Waals surface area contributed by atoms with E-state index in [2.05, 4.69) is 10.5 Å². The van der Waals surface area contributed by atoms with E-state index in [1.807, 2.05) is 32.0 Å². The molecular formula is C16H15F3N2. The summed E-state index contributed by atoms with van der Waals surface area (Å²) in [5.74, 6) is 0. The van der Waals surface area contributed by atoms with Gasteiger partial charge in [-0.2, -0.15) is 18.3 Å². The normalized spacial score (nSPS) is 11.9. The van der Waals surface area contributed by atoms with Crippen LogP contribution in [0.1, 0.15) is 22.3 Å². The van der Waals surface area contributed by atoms with E-state index >= 15 is 0 Å². The second-order valence-corrected chi connectivity index (χ2v) is 4.81. The molecule has 5 heteroatoms. The van der Waals surface area contributed by atoms with Crippen molar-refractivity contribution in [2.75, 3.05) is 5.43 Å². The summed E-state index contributed by atoms with van der Waals surface area (Å²) in [4.78, 5) is 0. The van der Waals surface area contributed by atoms with Crippen molar-refractivity contribution in [3.8, 4) is 0 Å². The lowest BCUT2D eigenvalue weighted by Gasteiger charge is -2.07. The molecule has 110 valence electrons. The van der Waals surface area contributed by atoms with Gasteiger partial charge in [-0.15, -0.1) is 0 Å². The minimum atomic E-state index is -4.32. The Bertz CT molecular complexity index is 644. The quantitative estimate of drug-likeness (QED) is 0.639. The monoisotopic (exact) mass is 292 g/mol. The van der Waals surface area contributed by atoms with Gasteiger partial charge in [0.2, 0.25) is 0 Å². The lowest BCUT2D eigenvalue weighted by molar-refractivity contribution is -0.137. The predicted molar refractivity (Wildman–Crippen MR) is 78.6 cm³/mol. The molecule has 2 rings (SSSR count). The average Bonchev–Trinajstić information content (AvgIpc) is 2.42. The third-order valence-electron chi connectivity index (χ3n) is 3.04. The number of alkyl halides is 3. The first-order valence-electron chi connectivity index (χ1n) is 6.40. The van der Waals surface area contributed by atoms with Crippen LogP contribution in [0.3, 0.4) is 0 Å². The largest absolute Gasteiger partial charge is 0.416 e. The van der Waals surface area contributed by atoms with Crippen LogP contribution in [0, 0.1) is 13.8 Å². The van der Waals surface area contributed by atoms with E-state index in [1.165, 1.54) is 12.1 Å². The molecule has 0 spiro atoms. The first kappa shape index (κ1) is 15.1. The average molecular weight is 292 g/mol. The maximum atomic E-state index is 12.4. The molecule has 2 aromatic carbocycles. The Balaban J connectivity index is 2.06. The molecule has 0 saturated heterocycles. The maximum Gasteiger partial charge on any atom is 0.416 e. The zero-order valence-electron chi connectivity index (χ0n) is 11.7. The van der Waals surface area contributed by atoms with Crippen LogP contribution >= 0.6 is 0 Å². The Morgan fingerprint density at radius 3 is 2.29 bits per heavy atom. The second kappa shape index (κ2) is 5.99. The molecule has 2 aromatic rings. The van der Waals surface area contributed by atoms with Gasteiger partial charge in [0.25, 0.3) is 0 Å². The maximum absolute atomic E-state index is 12.4. The number of benzene rings is 2. The highest BCUT2D eigenvalue weighted by molar-refractivity contribution is 5.82. The van der Waals surface area contributed by atoms with Gasteiger partial charge >= 0.3 is 6.18 Å². The summed E-state index contributed by atoms with van der Waals surface area (Å²) in [6.07, 6.45) is -2.67. The first-order valence-corrected chi connectivity index (χ1v) is 6.40. The number of anilines is 1. The number of hydrogen-bond acceptors (Lipinski definition) is 2. The van der Waals surface area contributed by atoms with Crippen LogP contribution in [0.4, 0.5) is 18.9 Å². The van der Waals surface area contributed by atoms with E-state index in [0.29, 0.717) is 5.69 Å². The predicted octanol–water partition coefficient (Wildman–Crippen LogP) is 4.77. The summed E-state index contributed by atoms with van der Waals surface area (Å²) in [6.45, 7) is 3.96. The Morgan fingerprint density at radius 1 is 1.00 bits per heavy atom. The lowest BCUT2D eigenvalue weighted by atomic mass is 10.1. The minimum Gasteiger partial charge on any atom is -0.279 e. The van der Waals surface area contributed by atoms with Crippen molar-refractivity contribution in [2.24, 2.45) is 5.10 Å². The summed E-state index contributed by atoms with van der Waals surface area (Å²) >= 11 is 0. The topological polar surface area (TPSA) is 24.4 Å². The van der Waals surface area contributed by atoms with Crippen molar-refractivity contribution in [1.29, 1.82) is 0 Å². The molecule has 0 fully saturated rings. The van der Waals surface area contributed by atoms with Gasteiger partial charge in [-0.05, 0) is 49.2 Å². The Morgan fingerprint density at radius 2 is 1.67 bits per heavy atom. The third kappa shape index (κ3) is 4.08. The van der Waals surface area contributed by atoms with Gasteiger partial charge in [-0.25, -0.2) is 0 Å². The molecular weight excluding hydrogens is 277 g/mol. The van der Waals surface area contributed by atoms with E-state index in [-0.39, 0.29) is 0 Å². The molecule has 0 aromatic heterocycles. The van der Waals surface area contributed by atoms with Crippen molar-refractivity contribution in [1.82, 2.24) is 0 Å². The van der Waals surface area contributed by atoms with Crippen molar-refractivity contribution in [3.63, 3.8) is 0 Å². The van der Waals surface area contributed by atoms with Crippen LogP contribution in [-0.2, 0) is 6.18 Å². The van der Waals surface area contributed by atoms with E-state index < -0.39 is 11.7 Å². The molecule has 0 atom stereocenters. The van der Waals surface area contributed by atoms with Gasteiger partial charge in [-0.1, -0.05) is 23.8 Å². The highest BCUT2D eigenvalue weighted by Crippen LogP contribution is 2.29. The van der Waals surface area contributed by atoms with Gasteiger partial charge < -0.3 is 0 Å². The molecule has 0 heterocycles. The van der Waals surface area contributed by atoms with Crippen LogP contribution in [0.15, 0.2) is 47.6 Å². The van der Waals surface area contributed by atoms with E-state index in [1.54, 1.807) is 6.21 Å². The Labute approximate surface area is 121 Å². The van der Waals surface area contributed by atoms with Gasteiger partial charge in [0.15, 0.2) is 0 Å². The second-order valence-electron chi connectivity index (χ2n) is 4.81. The van der Waals surface area contributed by atoms with Crippen molar-refractivity contribution in [2.45, 2.75) is 20.0 Å². The molecule has 0 bridgehead atoms. The van der Waals surface area contributed by atoms with Gasteiger partial charge in [0, 0.05) is 0 Å². The third-order valence-corrected chi connectivity index (χ3v) is 3.04. The van der Waals surface area contributed by atoms with Gasteiger partial charge in [-0.3, -0.25) is 5.43 Å². The van der Waals surface area contributed by atoms with Crippen LogP contribution in [0.5, 0.6) is 0 Å². The summed E-state index contributed by atoms with van der Waals surface area (Å²) in [7, 11) is 0. The van der Waals surface area contributed by atoms with Crippen molar-refractivity contribution in [3.05, 3.63) is 64.7 Å². The summed E-state index contributed by atoms with van der Waals surface area (Å²) < 4.78 is 37.3. The number of nitrogens with one attached hydrogen (secondary N) is 1. The van der Waals surface area contributed by atoms with Crippen LogP contribution in [-0.4, -0.2) is 6.21 Å². The summed E-state index contributed by atoms with van der Waals surface area (Å²) in [5.41, 5.74) is 5.72. The highest BCUT2D eigenvalue weighted by atomic mass is 19.4. The number of hydrogen-bond donors (Lipinski definition) is 1.